The molecule has 0 saturated heterocycles. The molecule has 0 fully saturated rings. The van der Waals surface area contributed by atoms with Gasteiger partial charge in [-0.3, -0.25) is 14.9 Å². The van der Waals surface area contributed by atoms with Crippen molar-refractivity contribution in [1.82, 2.24) is 20.2 Å². The smallest absolute Gasteiger partial charge is 0.404 e. The van der Waals surface area contributed by atoms with Crippen LogP contribution in [0.15, 0.2) is 12.1 Å². The SMILES string of the molecule is CCn1nnnc1NC(=O)c1ccc(OC(F)(F)F)c(NC(C)=O)c1Cl. The molecule has 0 bridgehead atoms. The largest absolute Gasteiger partial charge is 0.573 e. The Labute approximate surface area is 149 Å². The summed E-state index contributed by atoms with van der Waals surface area (Å²) in [5, 5.41) is 14.7. The second-order valence-corrected chi connectivity index (χ2v) is 5.18. The zero-order valence-electron chi connectivity index (χ0n) is 13.4. The fraction of sp³-hybridized carbons (Fsp3) is 0.308. The molecule has 0 atom stereocenters. The Morgan fingerprint density at radius 2 is 2.00 bits per heavy atom. The monoisotopic (exact) mass is 392 g/mol. The summed E-state index contributed by atoms with van der Waals surface area (Å²) in [4.78, 5) is 23.6. The molecule has 0 aliphatic rings. The molecule has 2 aromatic rings. The van der Waals surface area contributed by atoms with E-state index in [0.717, 1.165) is 19.1 Å². The van der Waals surface area contributed by atoms with Crippen molar-refractivity contribution in [2.45, 2.75) is 26.8 Å². The summed E-state index contributed by atoms with van der Waals surface area (Å²) in [6.07, 6.45) is -5.01. The number of carbonyl (C=O) groups excluding carboxylic acids is 2. The maximum absolute atomic E-state index is 12.5. The van der Waals surface area contributed by atoms with Gasteiger partial charge in [0.25, 0.3) is 5.91 Å². The Hall–Kier alpha value is -2.89. The summed E-state index contributed by atoms with van der Waals surface area (Å²) in [5.41, 5.74) is -0.699. The van der Waals surface area contributed by atoms with Gasteiger partial charge in [-0.2, -0.15) is 0 Å². The number of nitrogens with one attached hydrogen (secondary N) is 2. The van der Waals surface area contributed by atoms with Crippen molar-refractivity contribution in [2.24, 2.45) is 0 Å². The number of benzene rings is 1. The van der Waals surface area contributed by atoms with Crippen LogP contribution in [0.5, 0.6) is 5.75 Å². The van der Waals surface area contributed by atoms with Crippen molar-refractivity contribution in [3.63, 3.8) is 0 Å². The number of halogens is 4. The lowest BCUT2D eigenvalue weighted by Gasteiger charge is -2.16. The molecule has 0 unspecified atom stereocenters. The van der Waals surface area contributed by atoms with E-state index in [1.165, 1.54) is 4.68 Å². The molecule has 26 heavy (non-hydrogen) atoms. The summed E-state index contributed by atoms with van der Waals surface area (Å²) < 4.78 is 42.6. The van der Waals surface area contributed by atoms with E-state index in [1.54, 1.807) is 6.92 Å². The van der Waals surface area contributed by atoms with Crippen LogP contribution in [0.4, 0.5) is 24.8 Å². The molecule has 0 aliphatic carbocycles. The van der Waals surface area contributed by atoms with E-state index in [1.807, 2.05) is 0 Å². The van der Waals surface area contributed by atoms with Crippen LogP contribution in [-0.4, -0.2) is 38.4 Å². The van der Waals surface area contributed by atoms with Crippen LogP contribution < -0.4 is 15.4 Å². The third-order valence-electron chi connectivity index (χ3n) is 2.93. The minimum atomic E-state index is -5.01. The van der Waals surface area contributed by atoms with Gasteiger partial charge in [0.05, 0.1) is 10.6 Å². The van der Waals surface area contributed by atoms with Crippen LogP contribution in [0.1, 0.15) is 24.2 Å². The number of nitrogens with zero attached hydrogens (tertiary/aromatic N) is 4. The zero-order valence-corrected chi connectivity index (χ0v) is 14.1. The number of hydrogen-bond acceptors (Lipinski definition) is 6. The molecule has 1 heterocycles. The molecule has 13 heteroatoms. The number of tetrazole rings is 1. The number of hydrogen-bond donors (Lipinski definition) is 2. The van der Waals surface area contributed by atoms with E-state index >= 15 is 0 Å². The van der Waals surface area contributed by atoms with E-state index in [9.17, 15) is 22.8 Å². The highest BCUT2D eigenvalue weighted by Gasteiger charge is 2.33. The molecular formula is C13H12ClF3N6O3. The Morgan fingerprint density at radius 1 is 1.31 bits per heavy atom. The molecule has 2 amide bonds. The van der Waals surface area contributed by atoms with Crippen molar-refractivity contribution < 1.29 is 27.5 Å². The van der Waals surface area contributed by atoms with Gasteiger partial charge in [0.1, 0.15) is 5.69 Å². The molecule has 9 nitrogen and oxygen atoms in total. The van der Waals surface area contributed by atoms with E-state index in [-0.39, 0.29) is 11.5 Å². The van der Waals surface area contributed by atoms with Crippen molar-refractivity contribution in [3.05, 3.63) is 22.7 Å². The summed E-state index contributed by atoms with van der Waals surface area (Å²) >= 11 is 6.01. The van der Waals surface area contributed by atoms with E-state index < -0.39 is 34.6 Å². The predicted molar refractivity (Wildman–Crippen MR) is 83.9 cm³/mol. The Morgan fingerprint density at radius 3 is 2.58 bits per heavy atom. The maximum Gasteiger partial charge on any atom is 0.573 e. The van der Waals surface area contributed by atoms with Crippen molar-refractivity contribution in [2.75, 3.05) is 10.6 Å². The second-order valence-electron chi connectivity index (χ2n) is 4.80. The Bertz CT molecular complexity index is 839. The van der Waals surface area contributed by atoms with Crippen molar-refractivity contribution >= 4 is 35.1 Å². The van der Waals surface area contributed by atoms with Gasteiger partial charge < -0.3 is 10.1 Å². The van der Waals surface area contributed by atoms with Crippen LogP contribution in [-0.2, 0) is 11.3 Å². The lowest BCUT2D eigenvalue weighted by atomic mass is 10.1. The molecule has 140 valence electrons. The number of anilines is 2. The average molecular weight is 393 g/mol. The predicted octanol–water partition coefficient (Wildman–Crippen LogP) is 2.46. The van der Waals surface area contributed by atoms with E-state index in [0.29, 0.717) is 6.54 Å². The molecule has 0 saturated carbocycles. The van der Waals surface area contributed by atoms with Crippen LogP contribution in [0.25, 0.3) is 0 Å². The first-order valence-electron chi connectivity index (χ1n) is 7.05. The molecule has 1 aromatic heterocycles. The van der Waals surface area contributed by atoms with E-state index in [2.05, 4.69) is 30.9 Å². The first kappa shape index (κ1) is 19.4. The highest BCUT2D eigenvalue weighted by atomic mass is 35.5. The third kappa shape index (κ3) is 4.59. The topological polar surface area (TPSA) is 111 Å². The number of aryl methyl sites for hydroxylation is 1. The number of amides is 2. The first-order valence-corrected chi connectivity index (χ1v) is 7.43. The Balaban J connectivity index is 2.39. The van der Waals surface area contributed by atoms with Gasteiger partial charge in [-0.05, 0) is 29.5 Å². The fourth-order valence-corrected chi connectivity index (χ4v) is 2.20. The molecule has 1 aromatic carbocycles. The van der Waals surface area contributed by atoms with Gasteiger partial charge in [-0.25, -0.2) is 4.68 Å². The molecule has 2 N–H and O–H groups in total. The zero-order chi connectivity index (χ0) is 19.5. The highest BCUT2D eigenvalue weighted by Crippen LogP contribution is 2.38. The lowest BCUT2D eigenvalue weighted by molar-refractivity contribution is -0.274. The quantitative estimate of drug-likeness (QED) is 0.808. The molecule has 0 radical (unpaired) electrons. The first-order chi connectivity index (χ1) is 12.1. The van der Waals surface area contributed by atoms with Crippen LogP contribution >= 0.6 is 11.6 Å². The lowest BCUT2D eigenvalue weighted by Crippen LogP contribution is -2.21. The standard InChI is InChI=1S/C13H12ClF3N6O3/c1-3-23-12(20-21-22-23)19-11(25)7-4-5-8(26-13(15,16)17)10(9(7)14)18-6(2)24/h4-5H,3H2,1-2H3,(H,18,24)(H,19,20,22,25). The molecule has 0 aliphatic heterocycles. The van der Waals surface area contributed by atoms with Gasteiger partial charge >= 0.3 is 6.36 Å². The number of carbonyl (C=O) groups is 2. The van der Waals surface area contributed by atoms with Gasteiger partial charge in [0, 0.05) is 13.5 Å². The summed E-state index contributed by atoms with van der Waals surface area (Å²) in [6.45, 7) is 3.17. The third-order valence-corrected chi connectivity index (χ3v) is 3.32. The highest BCUT2D eigenvalue weighted by molar-refractivity contribution is 6.37. The normalized spacial score (nSPS) is 11.2. The minimum absolute atomic E-state index is 0.0188. The summed E-state index contributed by atoms with van der Waals surface area (Å²) in [5.74, 6) is -2.23. The number of rotatable bonds is 5. The second kappa shape index (κ2) is 7.56. The van der Waals surface area contributed by atoms with Crippen LogP contribution in [0.2, 0.25) is 5.02 Å². The summed E-state index contributed by atoms with van der Waals surface area (Å²) in [6, 6.07) is 1.88. The van der Waals surface area contributed by atoms with Crippen LogP contribution in [0, 0.1) is 0 Å². The van der Waals surface area contributed by atoms with Gasteiger partial charge in [-0.15, -0.1) is 13.2 Å². The summed E-state index contributed by atoms with van der Waals surface area (Å²) in [7, 11) is 0. The Kier molecular flexibility index (Phi) is 5.65. The van der Waals surface area contributed by atoms with Crippen LogP contribution in [0.3, 0.4) is 0 Å². The molecule has 0 spiro atoms. The number of alkyl halides is 3. The number of ether oxygens (including phenoxy) is 1. The number of aromatic nitrogens is 4. The van der Waals surface area contributed by atoms with Crippen molar-refractivity contribution in [1.29, 1.82) is 0 Å². The van der Waals surface area contributed by atoms with Gasteiger partial charge in [0.15, 0.2) is 5.75 Å². The average Bonchev–Trinajstić information content (AvgIpc) is 2.96. The fourth-order valence-electron chi connectivity index (χ4n) is 1.91. The van der Waals surface area contributed by atoms with Gasteiger partial charge in [-0.1, -0.05) is 16.7 Å². The molecule has 2 rings (SSSR count). The minimum Gasteiger partial charge on any atom is -0.404 e. The maximum atomic E-state index is 12.5. The van der Waals surface area contributed by atoms with E-state index in [4.69, 9.17) is 11.6 Å². The van der Waals surface area contributed by atoms with Crippen molar-refractivity contribution in [3.8, 4) is 5.75 Å². The van der Waals surface area contributed by atoms with Gasteiger partial charge in [0.2, 0.25) is 11.9 Å². The molecular weight excluding hydrogens is 381 g/mol.